The summed E-state index contributed by atoms with van der Waals surface area (Å²) < 4.78 is 12.9. The fourth-order valence-corrected chi connectivity index (χ4v) is 1.37. The van der Waals surface area contributed by atoms with Crippen molar-refractivity contribution in [3.05, 3.63) is 35.1 Å². The predicted molar refractivity (Wildman–Crippen MR) is 56.3 cm³/mol. The quantitative estimate of drug-likeness (QED) is 0.829. The van der Waals surface area contributed by atoms with Crippen LogP contribution in [-0.2, 0) is 11.2 Å². The lowest BCUT2D eigenvalue weighted by Crippen LogP contribution is -2.10. The lowest BCUT2D eigenvalue weighted by molar-refractivity contribution is -0.141. The number of carboxylic acids is 1. The number of rotatable bonds is 4. The molecule has 1 aromatic rings. The van der Waals surface area contributed by atoms with Gasteiger partial charge in [0.05, 0.1) is 5.92 Å². The normalized spacial score (nSPS) is 12.5. The predicted octanol–water partition coefficient (Wildman–Crippen LogP) is 2.79. The second-order valence-electron chi connectivity index (χ2n) is 3.86. The van der Waals surface area contributed by atoms with Crippen LogP contribution < -0.4 is 0 Å². The molecular weight excluding hydrogens is 195 g/mol. The first-order chi connectivity index (χ1) is 7.00. The zero-order valence-electron chi connectivity index (χ0n) is 8.96. The topological polar surface area (TPSA) is 37.3 Å². The number of aliphatic carboxylic acids is 1. The van der Waals surface area contributed by atoms with E-state index in [1.54, 1.807) is 26.0 Å². The molecule has 3 heteroatoms. The Morgan fingerprint density at radius 3 is 2.73 bits per heavy atom. The van der Waals surface area contributed by atoms with Gasteiger partial charge in [-0.05, 0) is 37.0 Å². The van der Waals surface area contributed by atoms with Crippen LogP contribution >= 0.6 is 0 Å². The van der Waals surface area contributed by atoms with Gasteiger partial charge in [-0.15, -0.1) is 0 Å². The van der Waals surface area contributed by atoms with E-state index in [0.717, 1.165) is 5.56 Å². The minimum Gasteiger partial charge on any atom is -0.481 e. The van der Waals surface area contributed by atoms with Crippen molar-refractivity contribution in [3.8, 4) is 0 Å². The van der Waals surface area contributed by atoms with Crippen LogP contribution in [0.2, 0.25) is 0 Å². The second-order valence-corrected chi connectivity index (χ2v) is 3.86. The number of hydrogen-bond donors (Lipinski definition) is 1. The van der Waals surface area contributed by atoms with Crippen LogP contribution in [0, 0.1) is 18.7 Å². The molecular formula is C12H15FO2. The average Bonchev–Trinajstić information content (AvgIpc) is 2.19. The van der Waals surface area contributed by atoms with Crippen LogP contribution in [0.3, 0.4) is 0 Å². The Kier molecular flexibility index (Phi) is 3.83. The minimum atomic E-state index is -0.783. The zero-order valence-corrected chi connectivity index (χ0v) is 8.96. The first-order valence-electron chi connectivity index (χ1n) is 4.98. The molecule has 0 fully saturated rings. The summed E-state index contributed by atoms with van der Waals surface area (Å²) in [5.41, 5.74) is 1.59. The molecule has 0 aromatic heterocycles. The Morgan fingerprint density at radius 2 is 2.20 bits per heavy atom. The van der Waals surface area contributed by atoms with E-state index in [1.807, 2.05) is 0 Å². The van der Waals surface area contributed by atoms with Crippen molar-refractivity contribution in [2.24, 2.45) is 5.92 Å². The van der Waals surface area contributed by atoms with E-state index < -0.39 is 5.97 Å². The monoisotopic (exact) mass is 210 g/mol. The maximum Gasteiger partial charge on any atom is 0.306 e. The van der Waals surface area contributed by atoms with E-state index in [9.17, 15) is 9.18 Å². The van der Waals surface area contributed by atoms with E-state index in [0.29, 0.717) is 18.4 Å². The third-order valence-corrected chi connectivity index (χ3v) is 2.51. The number of hydrogen-bond acceptors (Lipinski definition) is 1. The molecule has 1 unspecified atom stereocenters. The molecule has 0 heterocycles. The maximum atomic E-state index is 12.9. The highest BCUT2D eigenvalue weighted by atomic mass is 19.1. The van der Waals surface area contributed by atoms with Gasteiger partial charge in [-0.3, -0.25) is 4.79 Å². The average molecular weight is 210 g/mol. The first-order valence-corrected chi connectivity index (χ1v) is 4.98. The number of benzene rings is 1. The van der Waals surface area contributed by atoms with Gasteiger partial charge in [0.2, 0.25) is 0 Å². The molecule has 0 aliphatic heterocycles. The number of carbonyl (C=O) groups is 1. The Hall–Kier alpha value is -1.38. The summed E-state index contributed by atoms with van der Waals surface area (Å²) in [5.74, 6) is -1.35. The number of carboxylic acid groups (broad SMARTS) is 1. The van der Waals surface area contributed by atoms with Crippen molar-refractivity contribution in [3.63, 3.8) is 0 Å². The lowest BCUT2D eigenvalue weighted by atomic mass is 10.00. The number of halogens is 1. The Bertz CT molecular complexity index is 361. The van der Waals surface area contributed by atoms with Crippen LogP contribution in [0.15, 0.2) is 18.2 Å². The van der Waals surface area contributed by atoms with Gasteiger partial charge >= 0.3 is 5.97 Å². The molecule has 2 nitrogen and oxygen atoms in total. The summed E-state index contributed by atoms with van der Waals surface area (Å²) in [6, 6.07) is 4.90. The molecule has 1 aromatic carbocycles. The molecule has 82 valence electrons. The van der Waals surface area contributed by atoms with Gasteiger partial charge in [-0.2, -0.15) is 0 Å². The molecule has 0 spiro atoms. The molecule has 1 atom stereocenters. The standard InChI is InChI=1S/C12H15FO2/c1-8(12(14)15)3-4-10-5-6-11(13)9(2)7-10/h5-8H,3-4H2,1-2H3,(H,14,15). The largest absolute Gasteiger partial charge is 0.481 e. The molecule has 15 heavy (non-hydrogen) atoms. The van der Waals surface area contributed by atoms with Gasteiger partial charge in [0.25, 0.3) is 0 Å². The third-order valence-electron chi connectivity index (χ3n) is 2.51. The highest BCUT2D eigenvalue weighted by Gasteiger charge is 2.10. The van der Waals surface area contributed by atoms with E-state index in [1.165, 1.54) is 6.07 Å². The van der Waals surface area contributed by atoms with Gasteiger partial charge in [0.15, 0.2) is 0 Å². The summed E-state index contributed by atoms with van der Waals surface area (Å²) in [6.07, 6.45) is 1.26. The van der Waals surface area contributed by atoms with Gasteiger partial charge in [0, 0.05) is 0 Å². The fraction of sp³-hybridized carbons (Fsp3) is 0.417. The van der Waals surface area contributed by atoms with Gasteiger partial charge in [-0.1, -0.05) is 19.1 Å². The Labute approximate surface area is 88.7 Å². The second kappa shape index (κ2) is 4.91. The Balaban J connectivity index is 2.58. The smallest absolute Gasteiger partial charge is 0.306 e. The van der Waals surface area contributed by atoms with Gasteiger partial charge in [0.1, 0.15) is 5.82 Å². The van der Waals surface area contributed by atoms with E-state index in [2.05, 4.69) is 0 Å². The molecule has 0 aliphatic carbocycles. The van der Waals surface area contributed by atoms with E-state index in [4.69, 9.17) is 5.11 Å². The highest BCUT2D eigenvalue weighted by Crippen LogP contribution is 2.13. The first kappa shape index (κ1) is 11.7. The lowest BCUT2D eigenvalue weighted by Gasteiger charge is -2.06. The molecule has 1 rings (SSSR count). The summed E-state index contributed by atoms with van der Waals surface area (Å²) in [6.45, 7) is 3.39. The van der Waals surface area contributed by atoms with Crippen molar-refractivity contribution >= 4 is 5.97 Å². The van der Waals surface area contributed by atoms with E-state index >= 15 is 0 Å². The van der Waals surface area contributed by atoms with Gasteiger partial charge < -0.3 is 5.11 Å². The molecule has 0 saturated carbocycles. The maximum absolute atomic E-state index is 12.9. The summed E-state index contributed by atoms with van der Waals surface area (Å²) in [4.78, 5) is 10.6. The van der Waals surface area contributed by atoms with Crippen LogP contribution in [-0.4, -0.2) is 11.1 Å². The van der Waals surface area contributed by atoms with Crippen molar-refractivity contribution in [1.82, 2.24) is 0 Å². The molecule has 0 saturated heterocycles. The van der Waals surface area contributed by atoms with Crippen LogP contribution in [0.1, 0.15) is 24.5 Å². The van der Waals surface area contributed by atoms with E-state index in [-0.39, 0.29) is 11.7 Å². The summed E-state index contributed by atoms with van der Waals surface area (Å²) in [7, 11) is 0. The Morgan fingerprint density at radius 1 is 1.53 bits per heavy atom. The zero-order chi connectivity index (χ0) is 11.4. The molecule has 0 bridgehead atoms. The molecule has 0 amide bonds. The van der Waals surface area contributed by atoms with Crippen molar-refractivity contribution < 1.29 is 14.3 Å². The SMILES string of the molecule is Cc1cc(CCC(C)C(=O)O)ccc1F. The highest BCUT2D eigenvalue weighted by molar-refractivity contribution is 5.69. The fourth-order valence-electron chi connectivity index (χ4n) is 1.37. The number of aryl methyl sites for hydroxylation is 2. The van der Waals surface area contributed by atoms with Crippen LogP contribution in [0.5, 0.6) is 0 Å². The van der Waals surface area contributed by atoms with Gasteiger partial charge in [-0.25, -0.2) is 4.39 Å². The van der Waals surface area contributed by atoms with Crippen molar-refractivity contribution in [2.75, 3.05) is 0 Å². The summed E-state index contributed by atoms with van der Waals surface area (Å²) in [5, 5.41) is 8.70. The van der Waals surface area contributed by atoms with Crippen LogP contribution in [0.25, 0.3) is 0 Å². The van der Waals surface area contributed by atoms with Crippen LogP contribution in [0.4, 0.5) is 4.39 Å². The molecule has 0 radical (unpaired) electrons. The molecule has 1 N–H and O–H groups in total. The van der Waals surface area contributed by atoms with Crippen molar-refractivity contribution in [1.29, 1.82) is 0 Å². The third kappa shape index (κ3) is 3.35. The molecule has 0 aliphatic rings. The van der Waals surface area contributed by atoms with Crippen molar-refractivity contribution in [2.45, 2.75) is 26.7 Å². The summed E-state index contributed by atoms with van der Waals surface area (Å²) >= 11 is 0. The minimum absolute atomic E-state index is 0.218.